The molecular formula is C20H23NO3. The summed E-state index contributed by atoms with van der Waals surface area (Å²) in [6.07, 6.45) is 4.03. The van der Waals surface area contributed by atoms with E-state index < -0.39 is 0 Å². The number of hydrogen-bond donors (Lipinski definition) is 0. The fourth-order valence-corrected chi connectivity index (χ4v) is 3.65. The summed E-state index contributed by atoms with van der Waals surface area (Å²) in [5, 5.41) is 1.83. The number of rotatable bonds is 4. The number of likely N-dealkylation sites (tertiary alicyclic amines) is 1. The van der Waals surface area contributed by atoms with Crippen LogP contribution in [0.15, 0.2) is 36.4 Å². The van der Waals surface area contributed by atoms with Gasteiger partial charge in [0.15, 0.2) is 12.9 Å². The van der Waals surface area contributed by atoms with Gasteiger partial charge in [0.1, 0.15) is 5.75 Å². The molecule has 4 nitrogen and oxygen atoms in total. The summed E-state index contributed by atoms with van der Waals surface area (Å²) in [5.41, 5.74) is 0.501. The zero-order chi connectivity index (χ0) is 17.1. The van der Waals surface area contributed by atoms with E-state index in [-0.39, 0.29) is 24.6 Å². The van der Waals surface area contributed by atoms with Gasteiger partial charge in [0, 0.05) is 12.1 Å². The van der Waals surface area contributed by atoms with Crippen molar-refractivity contribution in [2.24, 2.45) is 0 Å². The zero-order valence-electron chi connectivity index (χ0n) is 14.2. The number of carbonyl (C=O) groups excluding carboxylic acids is 2. The minimum atomic E-state index is -0.0339. The van der Waals surface area contributed by atoms with E-state index in [4.69, 9.17) is 4.74 Å². The Labute approximate surface area is 142 Å². The summed E-state index contributed by atoms with van der Waals surface area (Å²) in [5.74, 6) is 0.453. The van der Waals surface area contributed by atoms with E-state index in [0.717, 1.165) is 36.3 Å². The lowest BCUT2D eigenvalue weighted by Crippen LogP contribution is -2.49. The van der Waals surface area contributed by atoms with Crippen LogP contribution in [0.3, 0.4) is 0 Å². The molecule has 1 heterocycles. The molecule has 0 aromatic heterocycles. The molecular weight excluding hydrogens is 302 g/mol. The highest BCUT2D eigenvalue weighted by atomic mass is 16.5. The molecule has 0 spiro atoms. The fourth-order valence-electron chi connectivity index (χ4n) is 3.65. The first-order chi connectivity index (χ1) is 11.6. The Kier molecular flexibility index (Phi) is 4.84. The number of benzene rings is 2. The molecule has 3 rings (SSSR count). The van der Waals surface area contributed by atoms with E-state index in [9.17, 15) is 9.59 Å². The highest BCUT2D eigenvalue weighted by Crippen LogP contribution is 2.27. The second kappa shape index (κ2) is 7.04. The molecule has 126 valence electrons. The highest BCUT2D eigenvalue weighted by Gasteiger charge is 2.29. The quantitative estimate of drug-likeness (QED) is 0.803. The number of hydrogen-bond acceptors (Lipinski definition) is 3. The predicted molar refractivity (Wildman–Crippen MR) is 94.5 cm³/mol. The molecule has 0 N–H and O–H groups in total. The van der Waals surface area contributed by atoms with E-state index in [0.29, 0.717) is 11.3 Å². The van der Waals surface area contributed by atoms with Gasteiger partial charge in [-0.15, -0.1) is 0 Å². The van der Waals surface area contributed by atoms with Gasteiger partial charge in [-0.2, -0.15) is 0 Å². The minimum Gasteiger partial charge on any atom is -0.483 e. The largest absolute Gasteiger partial charge is 0.483 e. The van der Waals surface area contributed by atoms with Crippen LogP contribution < -0.4 is 4.74 Å². The SMILES string of the molecule is C[C@H]1CCC[C@H](C)N1C(=O)COc1ccc2ccccc2c1C=O. The van der Waals surface area contributed by atoms with E-state index in [1.54, 1.807) is 6.07 Å². The van der Waals surface area contributed by atoms with Crippen molar-refractivity contribution in [3.05, 3.63) is 42.0 Å². The van der Waals surface area contributed by atoms with Crippen molar-refractivity contribution in [2.45, 2.75) is 45.2 Å². The molecule has 2 aromatic rings. The lowest BCUT2D eigenvalue weighted by Gasteiger charge is -2.39. The first kappa shape index (κ1) is 16.5. The molecule has 0 aliphatic carbocycles. The molecule has 0 unspecified atom stereocenters. The molecule has 2 atom stereocenters. The lowest BCUT2D eigenvalue weighted by atomic mass is 9.97. The van der Waals surface area contributed by atoms with E-state index in [2.05, 4.69) is 13.8 Å². The Morgan fingerprint density at radius 1 is 1.17 bits per heavy atom. The van der Waals surface area contributed by atoms with Gasteiger partial charge in [-0.3, -0.25) is 9.59 Å². The summed E-state index contributed by atoms with van der Waals surface area (Å²) in [7, 11) is 0. The Morgan fingerprint density at radius 3 is 2.58 bits per heavy atom. The summed E-state index contributed by atoms with van der Waals surface area (Å²) < 4.78 is 5.73. The third-order valence-electron chi connectivity index (χ3n) is 4.88. The Bertz CT molecular complexity index is 746. The highest BCUT2D eigenvalue weighted by molar-refractivity contribution is 6.00. The third kappa shape index (κ3) is 3.14. The smallest absolute Gasteiger partial charge is 0.260 e. The van der Waals surface area contributed by atoms with Crippen LogP contribution in [0.5, 0.6) is 5.75 Å². The predicted octanol–water partition coefficient (Wildman–Crippen LogP) is 3.82. The zero-order valence-corrected chi connectivity index (χ0v) is 14.2. The maximum atomic E-state index is 12.6. The normalized spacial score (nSPS) is 20.8. The number of ether oxygens (including phenoxy) is 1. The van der Waals surface area contributed by atoms with Crippen molar-refractivity contribution in [2.75, 3.05) is 6.61 Å². The summed E-state index contributed by atoms with van der Waals surface area (Å²) in [4.78, 5) is 26.0. The van der Waals surface area contributed by atoms with Gasteiger partial charge in [0.25, 0.3) is 5.91 Å². The fraction of sp³-hybridized carbons (Fsp3) is 0.400. The standard InChI is InChI=1S/C20H23NO3/c1-14-6-5-7-15(2)21(14)20(23)13-24-19-11-10-16-8-3-4-9-17(16)18(19)12-22/h3-4,8-12,14-15H,5-7,13H2,1-2H3/t14-,15-/m0/s1. The van der Waals surface area contributed by atoms with E-state index in [1.807, 2.05) is 35.2 Å². The number of fused-ring (bicyclic) bond motifs is 1. The van der Waals surface area contributed by atoms with Crippen LogP contribution >= 0.6 is 0 Å². The van der Waals surface area contributed by atoms with Gasteiger partial charge >= 0.3 is 0 Å². The van der Waals surface area contributed by atoms with Gasteiger partial charge in [-0.25, -0.2) is 0 Å². The second-order valence-electron chi connectivity index (χ2n) is 6.53. The average Bonchev–Trinajstić information content (AvgIpc) is 2.59. The summed E-state index contributed by atoms with van der Waals surface area (Å²) in [6, 6.07) is 11.8. The Morgan fingerprint density at radius 2 is 1.88 bits per heavy atom. The van der Waals surface area contributed by atoms with Crippen molar-refractivity contribution in [1.29, 1.82) is 0 Å². The molecule has 0 bridgehead atoms. The number of nitrogens with zero attached hydrogens (tertiary/aromatic N) is 1. The number of piperidine rings is 1. The van der Waals surface area contributed by atoms with E-state index >= 15 is 0 Å². The number of amides is 1. The van der Waals surface area contributed by atoms with Crippen LogP contribution in [0, 0.1) is 0 Å². The maximum Gasteiger partial charge on any atom is 0.260 e. The molecule has 1 aliphatic heterocycles. The monoisotopic (exact) mass is 325 g/mol. The van der Waals surface area contributed by atoms with Crippen molar-refractivity contribution >= 4 is 23.0 Å². The Hall–Kier alpha value is -2.36. The first-order valence-electron chi connectivity index (χ1n) is 8.52. The van der Waals surface area contributed by atoms with Crippen LogP contribution in [0.4, 0.5) is 0 Å². The molecule has 0 radical (unpaired) electrons. The van der Waals surface area contributed by atoms with Crippen molar-refractivity contribution in [1.82, 2.24) is 4.90 Å². The molecule has 1 saturated heterocycles. The minimum absolute atomic E-state index is 0.0142. The van der Waals surface area contributed by atoms with Crippen molar-refractivity contribution in [3.63, 3.8) is 0 Å². The van der Waals surface area contributed by atoms with E-state index in [1.165, 1.54) is 0 Å². The molecule has 0 saturated carbocycles. The Balaban J connectivity index is 1.78. The maximum absolute atomic E-state index is 12.6. The van der Waals surface area contributed by atoms with Gasteiger partial charge in [-0.1, -0.05) is 30.3 Å². The second-order valence-corrected chi connectivity index (χ2v) is 6.53. The van der Waals surface area contributed by atoms with Crippen LogP contribution in [0.2, 0.25) is 0 Å². The van der Waals surface area contributed by atoms with Gasteiger partial charge in [0.2, 0.25) is 0 Å². The molecule has 4 heteroatoms. The molecule has 2 aromatic carbocycles. The van der Waals surface area contributed by atoms with Crippen molar-refractivity contribution in [3.8, 4) is 5.75 Å². The summed E-state index contributed by atoms with van der Waals surface area (Å²) in [6.45, 7) is 4.13. The molecule has 1 amide bonds. The molecule has 24 heavy (non-hydrogen) atoms. The average molecular weight is 325 g/mol. The van der Waals surface area contributed by atoms with Crippen LogP contribution in [0.25, 0.3) is 10.8 Å². The molecule has 1 aliphatic rings. The van der Waals surface area contributed by atoms with Gasteiger partial charge in [-0.05, 0) is 49.9 Å². The number of aldehydes is 1. The van der Waals surface area contributed by atoms with Crippen LogP contribution in [-0.4, -0.2) is 35.8 Å². The van der Waals surface area contributed by atoms with Gasteiger partial charge < -0.3 is 9.64 Å². The third-order valence-corrected chi connectivity index (χ3v) is 4.88. The lowest BCUT2D eigenvalue weighted by molar-refractivity contribution is -0.139. The van der Waals surface area contributed by atoms with Crippen LogP contribution in [0.1, 0.15) is 43.5 Å². The molecule has 1 fully saturated rings. The summed E-state index contributed by atoms with van der Waals surface area (Å²) >= 11 is 0. The number of carbonyl (C=O) groups is 2. The first-order valence-corrected chi connectivity index (χ1v) is 8.52. The van der Waals surface area contributed by atoms with Crippen LogP contribution in [-0.2, 0) is 4.79 Å². The van der Waals surface area contributed by atoms with Crippen molar-refractivity contribution < 1.29 is 14.3 Å². The van der Waals surface area contributed by atoms with Gasteiger partial charge in [0.05, 0.1) is 5.56 Å². The topological polar surface area (TPSA) is 46.6 Å².